The lowest BCUT2D eigenvalue weighted by Crippen LogP contribution is -1.95. The number of carbonyl (C=O) groups excluding carboxylic acids is 1. The van der Waals surface area contributed by atoms with Crippen molar-refractivity contribution in [3.05, 3.63) is 59.4 Å². The highest BCUT2D eigenvalue weighted by molar-refractivity contribution is 6.08. The molecule has 2 aromatic rings. The molecule has 21 heavy (non-hydrogen) atoms. The molecule has 3 rings (SSSR count). The van der Waals surface area contributed by atoms with Crippen LogP contribution in [0.5, 0.6) is 17.2 Å². The van der Waals surface area contributed by atoms with E-state index in [0.29, 0.717) is 11.5 Å². The molecule has 0 unspecified atom stereocenters. The molecule has 5 heteroatoms. The third-order valence-electron chi connectivity index (χ3n) is 3.05. The number of halogens is 1. The topological polar surface area (TPSA) is 55.8 Å². The van der Waals surface area contributed by atoms with Crippen LogP contribution in [-0.2, 0) is 0 Å². The van der Waals surface area contributed by atoms with Gasteiger partial charge in [-0.1, -0.05) is 12.1 Å². The number of carbonyl (C=O) groups is 1. The monoisotopic (exact) mass is 286 g/mol. The fraction of sp³-hybridized carbons (Fsp3) is 0.0625. The van der Waals surface area contributed by atoms with Gasteiger partial charge in [-0.3, -0.25) is 4.79 Å². The average molecular weight is 286 g/mol. The summed E-state index contributed by atoms with van der Waals surface area (Å²) >= 11 is 0. The third kappa shape index (κ3) is 2.72. The van der Waals surface area contributed by atoms with Gasteiger partial charge in [-0.2, -0.15) is 0 Å². The summed E-state index contributed by atoms with van der Waals surface area (Å²) in [6.07, 6.45) is 2.90. The minimum Gasteiger partial charge on any atom is -0.507 e. The largest absolute Gasteiger partial charge is 0.507 e. The van der Waals surface area contributed by atoms with E-state index in [1.54, 1.807) is 24.3 Å². The Balaban J connectivity index is 1.80. The predicted octanol–water partition coefficient (Wildman–Crippen LogP) is 3.16. The Morgan fingerprint density at radius 2 is 1.95 bits per heavy atom. The van der Waals surface area contributed by atoms with E-state index in [2.05, 4.69) is 0 Å². The summed E-state index contributed by atoms with van der Waals surface area (Å²) in [5.41, 5.74) is 0.808. The zero-order valence-corrected chi connectivity index (χ0v) is 10.9. The van der Waals surface area contributed by atoms with Gasteiger partial charge >= 0.3 is 0 Å². The van der Waals surface area contributed by atoms with E-state index in [-0.39, 0.29) is 18.1 Å². The first kappa shape index (κ1) is 13.2. The molecule has 0 saturated heterocycles. The number of hydrogen-bond acceptors (Lipinski definition) is 4. The fourth-order valence-corrected chi connectivity index (χ4v) is 1.99. The van der Waals surface area contributed by atoms with Crippen molar-refractivity contribution in [2.45, 2.75) is 0 Å². The van der Waals surface area contributed by atoms with Crippen LogP contribution in [0.2, 0.25) is 0 Å². The van der Waals surface area contributed by atoms with Gasteiger partial charge < -0.3 is 14.6 Å². The average Bonchev–Trinajstić information content (AvgIpc) is 2.92. The number of phenolic OH excluding ortho intramolecular Hbond substituents is 1. The lowest BCUT2D eigenvalue weighted by atomic mass is 10.1. The molecule has 1 aliphatic rings. The van der Waals surface area contributed by atoms with E-state index >= 15 is 0 Å². The van der Waals surface area contributed by atoms with Gasteiger partial charge in [0.1, 0.15) is 11.6 Å². The summed E-state index contributed by atoms with van der Waals surface area (Å²) in [5.74, 6) is -0.104. The molecule has 1 N–H and O–H groups in total. The van der Waals surface area contributed by atoms with Gasteiger partial charge in [-0.15, -0.1) is 0 Å². The summed E-state index contributed by atoms with van der Waals surface area (Å²) in [7, 11) is 0. The van der Waals surface area contributed by atoms with E-state index in [9.17, 15) is 14.3 Å². The summed E-state index contributed by atoms with van der Waals surface area (Å²) < 4.78 is 23.3. The molecular weight excluding hydrogens is 275 g/mol. The minimum absolute atomic E-state index is 0.0494. The summed E-state index contributed by atoms with van der Waals surface area (Å²) in [6, 6.07) is 8.56. The minimum atomic E-state index is -0.594. The molecule has 0 bridgehead atoms. The van der Waals surface area contributed by atoms with Gasteiger partial charge in [0.25, 0.3) is 0 Å². The normalized spacial score (nSPS) is 12.8. The first-order valence-electron chi connectivity index (χ1n) is 6.24. The van der Waals surface area contributed by atoms with Crippen molar-refractivity contribution in [1.29, 1.82) is 0 Å². The van der Waals surface area contributed by atoms with Crippen molar-refractivity contribution < 1.29 is 23.8 Å². The van der Waals surface area contributed by atoms with Crippen molar-refractivity contribution >= 4 is 11.9 Å². The molecule has 1 aliphatic heterocycles. The van der Waals surface area contributed by atoms with Crippen molar-refractivity contribution in [2.75, 3.05) is 6.79 Å². The molecule has 4 nitrogen and oxygen atoms in total. The van der Waals surface area contributed by atoms with Gasteiger partial charge in [-0.05, 0) is 35.9 Å². The highest BCUT2D eigenvalue weighted by atomic mass is 19.1. The van der Waals surface area contributed by atoms with E-state index in [4.69, 9.17) is 9.47 Å². The Kier molecular flexibility index (Phi) is 3.31. The number of fused-ring (bicyclic) bond motifs is 1. The second-order valence-corrected chi connectivity index (χ2v) is 4.47. The van der Waals surface area contributed by atoms with Gasteiger partial charge in [0.2, 0.25) is 6.79 Å². The number of ether oxygens (including phenoxy) is 2. The molecule has 0 aromatic heterocycles. The Bertz CT molecular complexity index is 737. The van der Waals surface area contributed by atoms with Crippen LogP contribution in [0.4, 0.5) is 4.39 Å². The molecular formula is C16H11FO4. The van der Waals surface area contributed by atoms with Crippen molar-refractivity contribution in [1.82, 2.24) is 0 Å². The number of benzene rings is 2. The Hall–Kier alpha value is -2.82. The van der Waals surface area contributed by atoms with Gasteiger partial charge in [0, 0.05) is 6.07 Å². The van der Waals surface area contributed by atoms with Crippen molar-refractivity contribution in [3.8, 4) is 17.2 Å². The van der Waals surface area contributed by atoms with Gasteiger partial charge in [0.05, 0.1) is 5.56 Å². The molecule has 1 heterocycles. The third-order valence-corrected chi connectivity index (χ3v) is 3.05. The molecule has 0 saturated carbocycles. The first-order valence-corrected chi connectivity index (χ1v) is 6.24. The zero-order valence-electron chi connectivity index (χ0n) is 10.9. The van der Waals surface area contributed by atoms with Crippen LogP contribution >= 0.6 is 0 Å². The molecule has 106 valence electrons. The van der Waals surface area contributed by atoms with E-state index < -0.39 is 11.6 Å². The van der Waals surface area contributed by atoms with E-state index in [1.807, 2.05) is 0 Å². The maximum absolute atomic E-state index is 12.9. The second kappa shape index (κ2) is 5.28. The highest BCUT2D eigenvalue weighted by Gasteiger charge is 2.13. The lowest BCUT2D eigenvalue weighted by Gasteiger charge is -2.00. The van der Waals surface area contributed by atoms with Crippen LogP contribution in [0.25, 0.3) is 6.08 Å². The van der Waals surface area contributed by atoms with Crippen LogP contribution in [-0.4, -0.2) is 17.7 Å². The number of ketones is 1. The lowest BCUT2D eigenvalue weighted by molar-refractivity contribution is 0.104. The smallest absolute Gasteiger partial charge is 0.231 e. The van der Waals surface area contributed by atoms with E-state index in [0.717, 1.165) is 17.7 Å². The summed E-state index contributed by atoms with van der Waals surface area (Å²) in [5, 5.41) is 9.55. The van der Waals surface area contributed by atoms with Gasteiger partial charge in [-0.25, -0.2) is 4.39 Å². The SMILES string of the molecule is O=C(/C=C\c1ccc2c(c1)OCO2)c1ccc(F)cc1O. The molecule has 2 aromatic carbocycles. The van der Waals surface area contributed by atoms with Crippen LogP contribution < -0.4 is 9.47 Å². The van der Waals surface area contributed by atoms with Crippen LogP contribution in [0.3, 0.4) is 0 Å². The highest BCUT2D eigenvalue weighted by Crippen LogP contribution is 2.32. The van der Waals surface area contributed by atoms with Crippen LogP contribution in [0.15, 0.2) is 42.5 Å². The zero-order chi connectivity index (χ0) is 14.8. The molecule has 0 radical (unpaired) electrons. The predicted molar refractivity (Wildman–Crippen MR) is 74.0 cm³/mol. The summed E-state index contributed by atoms with van der Waals surface area (Å²) in [4.78, 5) is 12.0. The number of aromatic hydroxyl groups is 1. The van der Waals surface area contributed by atoms with Crippen LogP contribution in [0.1, 0.15) is 15.9 Å². The summed E-state index contributed by atoms with van der Waals surface area (Å²) in [6.45, 7) is 0.185. The second-order valence-electron chi connectivity index (χ2n) is 4.47. The Morgan fingerprint density at radius 1 is 1.14 bits per heavy atom. The maximum Gasteiger partial charge on any atom is 0.231 e. The van der Waals surface area contributed by atoms with Crippen molar-refractivity contribution in [2.24, 2.45) is 0 Å². The molecule has 0 amide bonds. The van der Waals surface area contributed by atoms with E-state index in [1.165, 1.54) is 12.1 Å². The Morgan fingerprint density at radius 3 is 2.76 bits per heavy atom. The number of phenols is 1. The quantitative estimate of drug-likeness (QED) is 0.695. The Labute approximate surface area is 120 Å². The standard InChI is InChI=1S/C16H11FO4/c17-11-3-4-12(14(19)8-11)13(18)5-1-10-2-6-15-16(7-10)21-9-20-15/h1-8,19H,9H2/b5-1-. The molecule has 0 fully saturated rings. The molecule has 0 atom stereocenters. The maximum atomic E-state index is 12.9. The van der Waals surface area contributed by atoms with Crippen molar-refractivity contribution in [3.63, 3.8) is 0 Å². The first-order chi connectivity index (χ1) is 10.1. The molecule has 0 aliphatic carbocycles. The number of hydrogen-bond donors (Lipinski definition) is 1. The molecule has 0 spiro atoms. The van der Waals surface area contributed by atoms with Gasteiger partial charge in [0.15, 0.2) is 17.3 Å². The fourth-order valence-electron chi connectivity index (χ4n) is 1.99. The number of allylic oxidation sites excluding steroid dienone is 1. The van der Waals surface area contributed by atoms with Crippen LogP contribution in [0, 0.1) is 5.82 Å². The number of rotatable bonds is 3.